The van der Waals surface area contributed by atoms with Crippen LogP contribution in [0, 0.1) is 0 Å². The first-order valence-corrected chi connectivity index (χ1v) is 7.63. The molecule has 0 saturated heterocycles. The average Bonchev–Trinajstić information content (AvgIpc) is 2.53. The molecule has 2 aromatic rings. The van der Waals surface area contributed by atoms with Gasteiger partial charge in [0.25, 0.3) is 0 Å². The van der Waals surface area contributed by atoms with E-state index in [1.807, 2.05) is 24.3 Å². The van der Waals surface area contributed by atoms with Crippen LogP contribution in [0.1, 0.15) is 44.0 Å². The first-order chi connectivity index (χ1) is 10.1. The van der Waals surface area contributed by atoms with Crippen LogP contribution in [0.15, 0.2) is 60.7 Å². The van der Waals surface area contributed by atoms with Crippen molar-refractivity contribution in [2.24, 2.45) is 0 Å². The largest absolute Gasteiger partial charge is 0.394 e. The molecule has 0 bridgehead atoms. The fraction of sp³-hybridized carbons (Fsp3) is 0.368. The van der Waals surface area contributed by atoms with Crippen LogP contribution in [-0.4, -0.2) is 22.7 Å². The van der Waals surface area contributed by atoms with Crippen LogP contribution in [0.2, 0.25) is 0 Å². The summed E-state index contributed by atoms with van der Waals surface area (Å²) in [5, 5.41) is 9.95. The maximum atomic E-state index is 9.95. The second-order valence-corrected chi connectivity index (χ2v) is 5.74. The quantitative estimate of drug-likeness (QED) is 0.859. The SMILES string of the molecule is CC(C)N([C@H](C)c1ccccc1)[C@@H](CO)c1ccccc1. The normalized spacial score (nSPS) is 14.4. The van der Waals surface area contributed by atoms with Crippen molar-refractivity contribution in [3.8, 4) is 0 Å². The van der Waals surface area contributed by atoms with Crippen LogP contribution in [0.25, 0.3) is 0 Å². The monoisotopic (exact) mass is 283 g/mol. The molecular formula is C19H25NO. The molecule has 2 heteroatoms. The Morgan fingerprint density at radius 1 is 0.810 bits per heavy atom. The fourth-order valence-electron chi connectivity index (χ4n) is 3.03. The smallest absolute Gasteiger partial charge is 0.0628 e. The average molecular weight is 283 g/mol. The van der Waals surface area contributed by atoms with Gasteiger partial charge in [0.05, 0.1) is 12.6 Å². The van der Waals surface area contributed by atoms with E-state index in [0.29, 0.717) is 6.04 Å². The summed E-state index contributed by atoms with van der Waals surface area (Å²) >= 11 is 0. The molecule has 1 N–H and O–H groups in total. The summed E-state index contributed by atoms with van der Waals surface area (Å²) in [7, 11) is 0. The lowest BCUT2D eigenvalue weighted by Crippen LogP contribution is -2.38. The van der Waals surface area contributed by atoms with Gasteiger partial charge in [-0.2, -0.15) is 0 Å². The maximum absolute atomic E-state index is 9.95. The van der Waals surface area contributed by atoms with Crippen molar-refractivity contribution in [3.63, 3.8) is 0 Å². The lowest BCUT2D eigenvalue weighted by Gasteiger charge is -2.39. The predicted octanol–water partition coefficient (Wildman–Crippen LogP) is 4.19. The highest BCUT2D eigenvalue weighted by molar-refractivity contribution is 5.23. The highest BCUT2D eigenvalue weighted by Crippen LogP contribution is 2.32. The Morgan fingerprint density at radius 2 is 1.29 bits per heavy atom. The topological polar surface area (TPSA) is 23.5 Å². The molecule has 0 aliphatic rings. The van der Waals surface area contributed by atoms with Gasteiger partial charge in [0, 0.05) is 12.1 Å². The third-order valence-corrected chi connectivity index (χ3v) is 4.04. The van der Waals surface area contributed by atoms with Crippen LogP contribution < -0.4 is 0 Å². The van der Waals surface area contributed by atoms with E-state index in [9.17, 15) is 5.11 Å². The van der Waals surface area contributed by atoms with Gasteiger partial charge < -0.3 is 5.11 Å². The third-order valence-electron chi connectivity index (χ3n) is 4.04. The van der Waals surface area contributed by atoms with Crippen LogP contribution in [0.5, 0.6) is 0 Å². The summed E-state index contributed by atoms with van der Waals surface area (Å²) in [4.78, 5) is 2.38. The van der Waals surface area contributed by atoms with Gasteiger partial charge in [0.2, 0.25) is 0 Å². The second-order valence-electron chi connectivity index (χ2n) is 5.74. The number of aliphatic hydroxyl groups excluding tert-OH is 1. The van der Waals surface area contributed by atoms with E-state index in [1.165, 1.54) is 5.56 Å². The summed E-state index contributed by atoms with van der Waals surface area (Å²) in [6.07, 6.45) is 0. The van der Waals surface area contributed by atoms with Gasteiger partial charge in [0.1, 0.15) is 0 Å². The molecule has 0 aliphatic carbocycles. The lowest BCUT2D eigenvalue weighted by atomic mass is 9.98. The number of rotatable bonds is 6. The zero-order valence-electron chi connectivity index (χ0n) is 13.1. The zero-order chi connectivity index (χ0) is 15.2. The van der Waals surface area contributed by atoms with E-state index in [1.54, 1.807) is 0 Å². The molecule has 0 saturated carbocycles. The minimum Gasteiger partial charge on any atom is -0.394 e. The van der Waals surface area contributed by atoms with E-state index in [2.05, 4.69) is 62.1 Å². The van der Waals surface area contributed by atoms with Crippen LogP contribution in [0.4, 0.5) is 0 Å². The predicted molar refractivity (Wildman–Crippen MR) is 88.1 cm³/mol. The Labute approximate surface area is 128 Å². The third kappa shape index (κ3) is 3.72. The maximum Gasteiger partial charge on any atom is 0.0628 e. The fourth-order valence-corrected chi connectivity index (χ4v) is 3.03. The van der Waals surface area contributed by atoms with E-state index >= 15 is 0 Å². The van der Waals surface area contributed by atoms with Gasteiger partial charge >= 0.3 is 0 Å². The van der Waals surface area contributed by atoms with Gasteiger partial charge in [-0.25, -0.2) is 0 Å². The summed E-state index contributed by atoms with van der Waals surface area (Å²) in [6.45, 7) is 6.70. The molecule has 2 atom stereocenters. The zero-order valence-corrected chi connectivity index (χ0v) is 13.1. The molecule has 0 aromatic heterocycles. The van der Waals surface area contributed by atoms with Gasteiger partial charge in [-0.05, 0) is 31.9 Å². The van der Waals surface area contributed by atoms with Gasteiger partial charge in [0.15, 0.2) is 0 Å². The van der Waals surface area contributed by atoms with Crippen molar-refractivity contribution < 1.29 is 5.11 Å². The first kappa shape index (κ1) is 15.7. The van der Waals surface area contributed by atoms with Gasteiger partial charge in [-0.15, -0.1) is 0 Å². The Morgan fingerprint density at radius 3 is 1.71 bits per heavy atom. The van der Waals surface area contributed by atoms with Crippen LogP contribution in [0.3, 0.4) is 0 Å². The number of hydrogen-bond acceptors (Lipinski definition) is 2. The molecule has 0 amide bonds. The molecule has 2 rings (SSSR count). The highest BCUT2D eigenvalue weighted by Gasteiger charge is 2.27. The molecule has 0 unspecified atom stereocenters. The van der Waals surface area contributed by atoms with E-state index < -0.39 is 0 Å². The van der Waals surface area contributed by atoms with Crippen LogP contribution in [-0.2, 0) is 0 Å². The van der Waals surface area contributed by atoms with E-state index in [4.69, 9.17) is 0 Å². The van der Waals surface area contributed by atoms with Crippen molar-refractivity contribution in [1.82, 2.24) is 4.90 Å². The standard InChI is InChI=1S/C19H25NO/c1-15(2)20(16(3)17-10-6-4-7-11-17)19(14-21)18-12-8-5-9-13-18/h4-13,15-16,19,21H,14H2,1-3H3/t16-,19+/m1/s1. The number of aliphatic hydroxyl groups is 1. The molecule has 0 aliphatic heterocycles. The summed E-state index contributed by atoms with van der Waals surface area (Å²) in [5.74, 6) is 0. The molecule has 112 valence electrons. The van der Waals surface area contributed by atoms with Crippen molar-refractivity contribution in [1.29, 1.82) is 0 Å². The minimum absolute atomic E-state index is 0.0152. The van der Waals surface area contributed by atoms with Crippen LogP contribution >= 0.6 is 0 Å². The molecule has 0 heterocycles. The summed E-state index contributed by atoms with van der Waals surface area (Å²) < 4.78 is 0. The Kier molecular flexibility index (Phi) is 5.54. The summed E-state index contributed by atoms with van der Waals surface area (Å²) in [6, 6.07) is 21.4. The Bertz CT molecular complexity index is 524. The lowest BCUT2D eigenvalue weighted by molar-refractivity contribution is 0.0598. The Balaban J connectivity index is 2.33. The minimum atomic E-state index is 0.0152. The molecule has 0 spiro atoms. The number of nitrogens with zero attached hydrogens (tertiary/aromatic N) is 1. The molecule has 0 radical (unpaired) electrons. The number of benzene rings is 2. The molecule has 2 aromatic carbocycles. The van der Waals surface area contributed by atoms with Gasteiger partial charge in [-0.1, -0.05) is 60.7 Å². The van der Waals surface area contributed by atoms with Crippen molar-refractivity contribution >= 4 is 0 Å². The molecule has 0 fully saturated rings. The first-order valence-electron chi connectivity index (χ1n) is 7.63. The highest BCUT2D eigenvalue weighted by atomic mass is 16.3. The number of hydrogen-bond donors (Lipinski definition) is 1. The molecule has 2 nitrogen and oxygen atoms in total. The van der Waals surface area contributed by atoms with Crippen molar-refractivity contribution in [3.05, 3.63) is 71.8 Å². The van der Waals surface area contributed by atoms with Crippen molar-refractivity contribution in [2.75, 3.05) is 6.61 Å². The van der Waals surface area contributed by atoms with Crippen molar-refractivity contribution in [2.45, 2.75) is 38.9 Å². The molecular weight excluding hydrogens is 258 g/mol. The van der Waals surface area contributed by atoms with E-state index in [0.717, 1.165) is 5.56 Å². The van der Waals surface area contributed by atoms with Gasteiger partial charge in [-0.3, -0.25) is 4.90 Å². The molecule has 21 heavy (non-hydrogen) atoms. The Hall–Kier alpha value is -1.64. The second kappa shape index (κ2) is 7.39. The summed E-state index contributed by atoms with van der Waals surface area (Å²) in [5.41, 5.74) is 2.44. The van der Waals surface area contributed by atoms with E-state index in [-0.39, 0.29) is 18.7 Å².